The number of aromatic nitrogens is 1. The number of hydrogen-bond acceptors (Lipinski definition) is 5. The van der Waals surface area contributed by atoms with Crippen LogP contribution in [0.3, 0.4) is 0 Å². The van der Waals surface area contributed by atoms with Gasteiger partial charge in [-0.2, -0.15) is 5.26 Å². The third kappa shape index (κ3) is 2.28. The fraction of sp³-hybridized carbons (Fsp3) is 0.267. The van der Waals surface area contributed by atoms with E-state index >= 15 is 0 Å². The normalized spacial score (nSPS) is 10.1. The van der Waals surface area contributed by atoms with Crippen LogP contribution in [0.1, 0.15) is 22.8 Å². The zero-order valence-corrected chi connectivity index (χ0v) is 11.7. The highest BCUT2D eigenvalue weighted by Gasteiger charge is 2.19. The first-order chi connectivity index (χ1) is 9.60. The molecule has 5 nitrogen and oxygen atoms in total. The molecule has 0 radical (unpaired) electrons. The molecule has 20 heavy (non-hydrogen) atoms. The van der Waals surface area contributed by atoms with Crippen LogP contribution in [0.5, 0.6) is 0 Å². The maximum absolute atomic E-state index is 12.0. The standard InChI is InChI=1S/C15H15N3O2/c1-4-20-15(19)12-9-17-13-10(8-16)6-5-7-11(13)14(12)18(2)3/h5-7,9H,4H2,1-3H3. The van der Waals surface area contributed by atoms with Gasteiger partial charge in [0, 0.05) is 25.7 Å². The Bertz CT molecular complexity index is 702. The van der Waals surface area contributed by atoms with E-state index in [0.29, 0.717) is 28.9 Å². The van der Waals surface area contributed by atoms with Crippen molar-refractivity contribution in [2.45, 2.75) is 6.92 Å². The first-order valence-corrected chi connectivity index (χ1v) is 6.26. The molecular formula is C15H15N3O2. The first-order valence-electron chi connectivity index (χ1n) is 6.26. The summed E-state index contributed by atoms with van der Waals surface area (Å²) in [5.41, 5.74) is 2.19. The highest BCUT2D eigenvalue weighted by atomic mass is 16.5. The predicted octanol–water partition coefficient (Wildman–Crippen LogP) is 2.35. The van der Waals surface area contributed by atoms with Crippen LogP contribution in [0, 0.1) is 11.3 Å². The minimum atomic E-state index is -0.409. The van der Waals surface area contributed by atoms with Gasteiger partial charge >= 0.3 is 5.97 Å². The quantitative estimate of drug-likeness (QED) is 0.800. The zero-order valence-electron chi connectivity index (χ0n) is 11.7. The summed E-state index contributed by atoms with van der Waals surface area (Å²) < 4.78 is 5.05. The average Bonchev–Trinajstić information content (AvgIpc) is 2.45. The molecule has 0 spiro atoms. The highest BCUT2D eigenvalue weighted by molar-refractivity contribution is 6.06. The Hall–Kier alpha value is -2.61. The van der Waals surface area contributed by atoms with Crippen molar-refractivity contribution in [2.75, 3.05) is 25.6 Å². The molecule has 0 bridgehead atoms. The number of para-hydroxylation sites is 1. The Labute approximate surface area is 117 Å². The largest absolute Gasteiger partial charge is 0.462 e. The van der Waals surface area contributed by atoms with Crippen LogP contribution >= 0.6 is 0 Å². The van der Waals surface area contributed by atoms with E-state index in [1.807, 2.05) is 25.1 Å². The average molecular weight is 269 g/mol. The van der Waals surface area contributed by atoms with Crippen LogP contribution in [0.15, 0.2) is 24.4 Å². The summed E-state index contributed by atoms with van der Waals surface area (Å²) in [4.78, 5) is 18.1. The molecule has 0 aliphatic heterocycles. The van der Waals surface area contributed by atoms with Crippen molar-refractivity contribution in [3.8, 4) is 6.07 Å². The van der Waals surface area contributed by atoms with Gasteiger partial charge in [0.15, 0.2) is 0 Å². The number of carbonyl (C=O) groups is 1. The third-order valence-corrected chi connectivity index (χ3v) is 2.93. The van der Waals surface area contributed by atoms with Crippen molar-refractivity contribution >= 4 is 22.6 Å². The van der Waals surface area contributed by atoms with Crippen molar-refractivity contribution in [1.29, 1.82) is 5.26 Å². The molecule has 1 aromatic carbocycles. The Morgan fingerprint density at radius 2 is 2.20 bits per heavy atom. The van der Waals surface area contributed by atoms with Gasteiger partial charge in [-0.25, -0.2) is 4.79 Å². The molecule has 0 N–H and O–H groups in total. The molecule has 0 saturated carbocycles. The van der Waals surface area contributed by atoms with Gasteiger partial charge in [-0.1, -0.05) is 12.1 Å². The molecular weight excluding hydrogens is 254 g/mol. The van der Waals surface area contributed by atoms with Crippen LogP contribution < -0.4 is 4.90 Å². The minimum absolute atomic E-state index is 0.308. The molecule has 2 rings (SSSR count). The van der Waals surface area contributed by atoms with Gasteiger partial charge in [0.25, 0.3) is 0 Å². The second-order valence-corrected chi connectivity index (χ2v) is 4.45. The number of fused-ring (bicyclic) bond motifs is 1. The lowest BCUT2D eigenvalue weighted by Crippen LogP contribution is -2.16. The number of rotatable bonds is 3. The van der Waals surface area contributed by atoms with Gasteiger partial charge in [-0.3, -0.25) is 4.98 Å². The van der Waals surface area contributed by atoms with Gasteiger partial charge in [-0.15, -0.1) is 0 Å². The third-order valence-electron chi connectivity index (χ3n) is 2.93. The number of anilines is 1. The molecule has 5 heteroatoms. The summed E-state index contributed by atoms with van der Waals surface area (Å²) in [6, 6.07) is 7.45. The maximum atomic E-state index is 12.0. The lowest BCUT2D eigenvalue weighted by Gasteiger charge is -2.19. The molecule has 0 amide bonds. The SMILES string of the molecule is CCOC(=O)c1cnc2c(C#N)cccc2c1N(C)C. The van der Waals surface area contributed by atoms with E-state index in [-0.39, 0.29) is 0 Å². The Kier molecular flexibility index (Phi) is 3.85. The molecule has 0 aliphatic rings. The number of benzene rings is 1. The summed E-state index contributed by atoms with van der Waals surface area (Å²) in [7, 11) is 3.69. The van der Waals surface area contributed by atoms with E-state index < -0.39 is 5.97 Å². The van der Waals surface area contributed by atoms with Crippen molar-refractivity contribution in [3.63, 3.8) is 0 Å². The molecule has 0 unspecified atom stereocenters. The molecule has 1 aromatic heterocycles. The summed E-state index contributed by atoms with van der Waals surface area (Å²) >= 11 is 0. The molecule has 2 aromatic rings. The first kappa shape index (κ1) is 13.8. The Balaban J connectivity index is 2.77. The van der Waals surface area contributed by atoms with Crippen molar-refractivity contribution in [3.05, 3.63) is 35.5 Å². The van der Waals surface area contributed by atoms with Crippen molar-refractivity contribution in [2.24, 2.45) is 0 Å². The molecule has 1 heterocycles. The summed E-state index contributed by atoms with van der Waals surface area (Å²) in [5, 5.41) is 9.90. The number of nitrogens with zero attached hydrogens (tertiary/aromatic N) is 3. The lowest BCUT2D eigenvalue weighted by molar-refractivity contribution is 0.0527. The topological polar surface area (TPSA) is 66.2 Å². The number of carbonyl (C=O) groups excluding carboxylic acids is 1. The van der Waals surface area contributed by atoms with Crippen LogP contribution in [0.4, 0.5) is 5.69 Å². The van der Waals surface area contributed by atoms with Crippen LogP contribution in [0.2, 0.25) is 0 Å². The molecule has 102 valence electrons. The number of hydrogen-bond donors (Lipinski definition) is 0. The molecule has 0 atom stereocenters. The van der Waals surface area contributed by atoms with Gasteiger partial charge < -0.3 is 9.64 Å². The monoisotopic (exact) mass is 269 g/mol. The number of ether oxygens (including phenoxy) is 1. The fourth-order valence-electron chi connectivity index (χ4n) is 2.14. The zero-order chi connectivity index (χ0) is 14.7. The van der Waals surface area contributed by atoms with Crippen LogP contribution in [0.25, 0.3) is 10.9 Å². The Morgan fingerprint density at radius 1 is 1.45 bits per heavy atom. The summed E-state index contributed by atoms with van der Waals surface area (Å²) in [6.07, 6.45) is 1.47. The maximum Gasteiger partial charge on any atom is 0.341 e. The second-order valence-electron chi connectivity index (χ2n) is 4.45. The van der Waals surface area contributed by atoms with E-state index in [2.05, 4.69) is 11.1 Å². The van der Waals surface area contributed by atoms with Gasteiger partial charge in [0.05, 0.1) is 23.4 Å². The number of esters is 1. The van der Waals surface area contributed by atoms with E-state index in [1.54, 1.807) is 19.1 Å². The van der Waals surface area contributed by atoms with E-state index in [4.69, 9.17) is 10.00 Å². The van der Waals surface area contributed by atoms with Gasteiger partial charge in [0.2, 0.25) is 0 Å². The fourth-order valence-corrected chi connectivity index (χ4v) is 2.14. The van der Waals surface area contributed by atoms with E-state index in [0.717, 1.165) is 5.39 Å². The van der Waals surface area contributed by atoms with Crippen LogP contribution in [-0.4, -0.2) is 31.7 Å². The van der Waals surface area contributed by atoms with E-state index in [9.17, 15) is 4.79 Å². The smallest absolute Gasteiger partial charge is 0.341 e. The predicted molar refractivity (Wildman–Crippen MR) is 76.7 cm³/mol. The van der Waals surface area contributed by atoms with Crippen molar-refractivity contribution in [1.82, 2.24) is 4.98 Å². The number of pyridine rings is 1. The van der Waals surface area contributed by atoms with Crippen LogP contribution in [-0.2, 0) is 4.74 Å². The highest BCUT2D eigenvalue weighted by Crippen LogP contribution is 2.30. The minimum Gasteiger partial charge on any atom is -0.462 e. The number of nitriles is 1. The van der Waals surface area contributed by atoms with Crippen molar-refractivity contribution < 1.29 is 9.53 Å². The molecule has 0 aliphatic carbocycles. The summed E-state index contributed by atoms with van der Waals surface area (Å²) in [5.74, 6) is -0.409. The summed E-state index contributed by atoms with van der Waals surface area (Å²) in [6.45, 7) is 2.07. The molecule has 0 saturated heterocycles. The lowest BCUT2D eigenvalue weighted by atomic mass is 10.1. The van der Waals surface area contributed by atoms with Gasteiger partial charge in [-0.05, 0) is 13.0 Å². The second kappa shape index (κ2) is 5.57. The van der Waals surface area contributed by atoms with Gasteiger partial charge in [0.1, 0.15) is 11.6 Å². The molecule has 0 fully saturated rings. The Morgan fingerprint density at radius 3 is 2.80 bits per heavy atom. The van der Waals surface area contributed by atoms with E-state index in [1.165, 1.54) is 6.20 Å².